The van der Waals surface area contributed by atoms with Gasteiger partial charge in [-0.25, -0.2) is 0 Å². The molecule has 3 fully saturated rings. The van der Waals surface area contributed by atoms with Gasteiger partial charge in [0.2, 0.25) is 5.91 Å². The SMILES string of the molecule is C=C(NCCOc1ccccc1)C1CCC(c2[nH]ncc2CN(C)CCCC)CC1.C=C(NCCOc1ccccc1)C1CCC(c2[nH]ncc2CN(C)CCCC)CC1.CNCCN(C)Cc1cn[nH]c1C1CCC(C(=O)N(CCCOC)CCC(C)C)CC1. The number of amides is 1. The molecule has 91 heavy (non-hydrogen) atoms. The lowest BCUT2D eigenvalue weighted by Gasteiger charge is -2.33. The molecule has 0 unspecified atom stereocenters. The van der Waals surface area contributed by atoms with Gasteiger partial charge in [-0.15, -0.1) is 0 Å². The van der Waals surface area contributed by atoms with Crippen LogP contribution in [-0.2, 0) is 29.2 Å². The molecule has 3 aromatic heterocycles. The summed E-state index contributed by atoms with van der Waals surface area (Å²) in [6.45, 7) is 30.0. The molecule has 506 valence electrons. The molecular formula is C74H121N13O4. The minimum atomic E-state index is 0.163. The number of nitrogens with one attached hydrogen (secondary N) is 6. The Morgan fingerprint density at radius 3 is 1.31 bits per heavy atom. The summed E-state index contributed by atoms with van der Waals surface area (Å²) in [6, 6.07) is 19.9. The number of benzene rings is 2. The van der Waals surface area contributed by atoms with E-state index in [0.29, 0.717) is 61.2 Å². The molecule has 17 heteroatoms. The Balaban J connectivity index is 0.000000217. The first-order valence-electron chi connectivity index (χ1n) is 35.1. The van der Waals surface area contributed by atoms with E-state index >= 15 is 0 Å². The third-order valence-electron chi connectivity index (χ3n) is 18.8. The molecule has 0 bridgehead atoms. The molecule has 0 spiro atoms. The van der Waals surface area contributed by atoms with Crippen LogP contribution in [0.15, 0.2) is 104 Å². The number of ether oxygens (including phenoxy) is 3. The molecular weight excluding hydrogens is 1130 g/mol. The van der Waals surface area contributed by atoms with Crippen LogP contribution in [0, 0.1) is 23.7 Å². The smallest absolute Gasteiger partial charge is 0.225 e. The topological polar surface area (TPSA) is 180 Å². The number of H-pyrrole nitrogens is 3. The minimum absolute atomic E-state index is 0.163. The fraction of sp³-hybridized carbons (Fsp3) is 0.649. The number of carbonyl (C=O) groups is 1. The molecule has 1 amide bonds. The molecule has 2 aromatic carbocycles. The average Bonchev–Trinajstić information content (AvgIpc) is 2.78. The predicted molar refractivity (Wildman–Crippen MR) is 373 cm³/mol. The van der Waals surface area contributed by atoms with Crippen molar-refractivity contribution in [1.82, 2.24) is 66.1 Å². The zero-order chi connectivity index (χ0) is 65.0. The summed E-state index contributed by atoms with van der Waals surface area (Å²) >= 11 is 0. The molecule has 3 aliphatic carbocycles. The van der Waals surface area contributed by atoms with Crippen molar-refractivity contribution in [3.63, 3.8) is 0 Å². The Bertz CT molecular complexity index is 2580. The summed E-state index contributed by atoms with van der Waals surface area (Å²) in [7, 11) is 10.3. The zero-order valence-corrected chi connectivity index (χ0v) is 57.9. The van der Waals surface area contributed by atoms with Gasteiger partial charge in [0.15, 0.2) is 0 Å². The van der Waals surface area contributed by atoms with E-state index in [4.69, 9.17) is 14.2 Å². The molecule has 6 N–H and O–H groups in total. The summed E-state index contributed by atoms with van der Waals surface area (Å²) < 4.78 is 16.7. The summed E-state index contributed by atoms with van der Waals surface area (Å²) in [4.78, 5) is 22.5. The highest BCUT2D eigenvalue weighted by molar-refractivity contribution is 5.79. The number of carbonyl (C=O) groups excluding carboxylic acids is 1. The van der Waals surface area contributed by atoms with Gasteiger partial charge in [0.05, 0.1) is 18.6 Å². The second-order valence-electron chi connectivity index (χ2n) is 26.7. The van der Waals surface area contributed by atoms with E-state index in [9.17, 15) is 4.79 Å². The third kappa shape index (κ3) is 26.5. The van der Waals surface area contributed by atoms with Gasteiger partial charge in [-0.2, -0.15) is 15.3 Å². The van der Waals surface area contributed by atoms with Crippen molar-refractivity contribution in [2.24, 2.45) is 23.7 Å². The van der Waals surface area contributed by atoms with Gasteiger partial charge < -0.3 is 49.8 Å². The lowest BCUT2D eigenvalue weighted by molar-refractivity contribution is -0.137. The van der Waals surface area contributed by atoms with Gasteiger partial charge in [0.1, 0.15) is 24.7 Å². The highest BCUT2D eigenvalue weighted by Gasteiger charge is 2.33. The number of methoxy groups -OCH3 is 1. The van der Waals surface area contributed by atoms with Gasteiger partial charge in [-0.3, -0.25) is 20.1 Å². The average molecular weight is 1260 g/mol. The van der Waals surface area contributed by atoms with Gasteiger partial charge in [0.25, 0.3) is 0 Å². The number of rotatable bonds is 38. The van der Waals surface area contributed by atoms with E-state index in [1.807, 2.05) is 86.3 Å². The maximum Gasteiger partial charge on any atom is 0.225 e. The normalized spacial score (nSPS) is 19.1. The number of nitrogens with zero attached hydrogens (tertiary/aromatic N) is 7. The maximum atomic E-state index is 13.3. The predicted octanol–water partition coefficient (Wildman–Crippen LogP) is 13.4. The molecule has 0 atom stereocenters. The van der Waals surface area contributed by atoms with E-state index < -0.39 is 0 Å². The highest BCUT2D eigenvalue weighted by atomic mass is 16.5. The van der Waals surface area contributed by atoms with Crippen LogP contribution in [0.3, 0.4) is 0 Å². The zero-order valence-electron chi connectivity index (χ0n) is 57.9. The molecule has 3 heterocycles. The van der Waals surface area contributed by atoms with E-state index in [1.54, 1.807) is 7.11 Å². The van der Waals surface area contributed by atoms with Crippen LogP contribution >= 0.6 is 0 Å². The number of para-hydroxylation sites is 2. The van der Waals surface area contributed by atoms with Crippen molar-refractivity contribution in [1.29, 1.82) is 0 Å². The molecule has 3 saturated carbocycles. The molecule has 0 aliphatic heterocycles. The van der Waals surface area contributed by atoms with Crippen molar-refractivity contribution >= 4 is 5.91 Å². The maximum absolute atomic E-state index is 13.3. The first kappa shape index (κ1) is 74.1. The van der Waals surface area contributed by atoms with Gasteiger partial charge in [0, 0.05) is 141 Å². The molecule has 5 aromatic rings. The van der Waals surface area contributed by atoms with Crippen molar-refractivity contribution < 1.29 is 19.0 Å². The van der Waals surface area contributed by atoms with Gasteiger partial charge in [-0.05, 0) is 186 Å². The monoisotopic (exact) mass is 1260 g/mol. The lowest BCUT2D eigenvalue weighted by atomic mass is 9.78. The number of aromatic amines is 3. The Labute approximate surface area is 549 Å². The van der Waals surface area contributed by atoms with Crippen molar-refractivity contribution in [3.8, 4) is 11.5 Å². The number of likely N-dealkylation sites (N-methyl/N-ethyl adjacent to an activating group) is 2. The summed E-state index contributed by atoms with van der Waals surface area (Å²) in [5.41, 5.74) is 10.3. The first-order valence-corrected chi connectivity index (χ1v) is 35.1. The lowest BCUT2D eigenvalue weighted by Crippen LogP contribution is -2.39. The van der Waals surface area contributed by atoms with Crippen molar-refractivity contribution in [2.45, 2.75) is 181 Å². The van der Waals surface area contributed by atoms with Gasteiger partial charge >= 0.3 is 0 Å². The number of unbranched alkanes of at least 4 members (excludes halogenated alkanes) is 2. The fourth-order valence-electron chi connectivity index (χ4n) is 13.2. The number of allylic oxidation sites excluding steroid dienone is 2. The Morgan fingerprint density at radius 2 is 0.934 bits per heavy atom. The van der Waals surface area contributed by atoms with Crippen LogP contribution in [-0.4, -0.2) is 164 Å². The Morgan fingerprint density at radius 1 is 0.538 bits per heavy atom. The summed E-state index contributed by atoms with van der Waals surface area (Å²) in [5.74, 6) is 5.73. The number of aromatic nitrogens is 6. The molecule has 0 saturated heterocycles. The van der Waals surface area contributed by atoms with Crippen molar-refractivity contribution in [2.75, 3.05) is 107 Å². The van der Waals surface area contributed by atoms with Crippen molar-refractivity contribution in [3.05, 3.63) is 138 Å². The van der Waals surface area contributed by atoms with Crippen LogP contribution in [0.2, 0.25) is 0 Å². The minimum Gasteiger partial charge on any atom is -0.492 e. The first-order chi connectivity index (χ1) is 44.3. The molecule has 8 rings (SSSR count). The summed E-state index contributed by atoms with van der Waals surface area (Å²) in [5, 5.41) is 33.1. The Hall–Kier alpha value is -5.98. The molecule has 17 nitrogen and oxygen atoms in total. The second kappa shape index (κ2) is 42.3. The second-order valence-corrected chi connectivity index (χ2v) is 26.7. The van der Waals surface area contributed by atoms with Crippen LogP contribution in [0.4, 0.5) is 0 Å². The highest BCUT2D eigenvalue weighted by Crippen LogP contribution is 2.41. The van der Waals surface area contributed by atoms with E-state index in [0.717, 1.165) is 133 Å². The van der Waals surface area contributed by atoms with Crippen LogP contribution < -0.4 is 25.4 Å². The van der Waals surface area contributed by atoms with E-state index in [2.05, 4.69) is 128 Å². The van der Waals surface area contributed by atoms with E-state index in [1.165, 1.54) is 111 Å². The van der Waals surface area contributed by atoms with Crippen LogP contribution in [0.25, 0.3) is 0 Å². The standard InChI is InChI=1S/2C25H38N4O.C24H45N5O2/c2*1-4-5-16-29(3)19-23-18-27-28-25(23)22-13-11-21(12-14-22)20(2)26-15-17-30-24-9-7-6-8-10-24;1-19(2)11-14-29(13-6-16-31-5)24(30)21-9-7-20(8-10-21)23-22(17-26-27-23)18-28(4)15-12-25-3/h2*6-10,18,21-22,26H,2,4-5,11-17,19H2,1,3H3,(H,27,28);17,19-21,25H,6-16,18H2,1-5H3,(H,26,27). The number of hydrogen-bond acceptors (Lipinski definition) is 13. The molecule has 3 aliphatic rings. The fourth-order valence-corrected chi connectivity index (χ4v) is 13.2. The number of hydrogen-bond donors (Lipinski definition) is 6. The summed E-state index contributed by atoms with van der Waals surface area (Å²) in [6.07, 6.45) is 26.5. The Kier molecular flexibility index (Phi) is 34.4. The van der Waals surface area contributed by atoms with Crippen LogP contribution in [0.5, 0.6) is 11.5 Å². The largest absolute Gasteiger partial charge is 0.492 e. The van der Waals surface area contributed by atoms with E-state index in [-0.39, 0.29) is 5.92 Å². The van der Waals surface area contributed by atoms with Crippen LogP contribution in [0.1, 0.15) is 195 Å². The van der Waals surface area contributed by atoms with Gasteiger partial charge in [-0.1, -0.05) is 90.1 Å². The molecule has 0 radical (unpaired) electrons. The quantitative estimate of drug-likeness (QED) is 0.0206. The third-order valence-corrected chi connectivity index (χ3v) is 18.8.